The number of carbonyl (C=O) groups is 4. The number of rotatable bonds is 13. The molecule has 0 aliphatic rings. The van der Waals surface area contributed by atoms with Crippen LogP contribution in [-0.4, -0.2) is 66.6 Å². The lowest BCUT2D eigenvalue weighted by Crippen LogP contribution is -2.55. The molecule has 4 amide bonds. The lowest BCUT2D eigenvalue weighted by molar-refractivity contribution is -0.131. The number of primary amides is 1. The van der Waals surface area contributed by atoms with Crippen molar-refractivity contribution in [1.82, 2.24) is 16.0 Å². The number of carbonyl (C=O) groups excluding carboxylic acids is 4. The van der Waals surface area contributed by atoms with Gasteiger partial charge in [-0.2, -0.15) is 12.6 Å². The molecule has 12 nitrogen and oxygen atoms in total. The van der Waals surface area contributed by atoms with Crippen LogP contribution in [0.5, 0.6) is 0 Å². The van der Waals surface area contributed by atoms with Crippen molar-refractivity contribution < 1.29 is 19.2 Å². The molecule has 0 aliphatic heterocycles. The first-order valence-corrected chi connectivity index (χ1v) is 9.71. The van der Waals surface area contributed by atoms with Gasteiger partial charge in [-0.1, -0.05) is 13.8 Å². The van der Waals surface area contributed by atoms with Gasteiger partial charge in [-0.15, -0.1) is 0 Å². The summed E-state index contributed by atoms with van der Waals surface area (Å²) in [6.07, 6.45) is 0.802. The van der Waals surface area contributed by atoms with Crippen LogP contribution >= 0.6 is 12.6 Å². The van der Waals surface area contributed by atoms with Crippen LogP contribution in [0.25, 0.3) is 0 Å². The van der Waals surface area contributed by atoms with Crippen molar-refractivity contribution in [2.45, 2.75) is 44.8 Å². The molecule has 11 N–H and O–H groups in total. The molecule has 0 spiro atoms. The van der Waals surface area contributed by atoms with Gasteiger partial charge in [0.05, 0.1) is 12.6 Å². The summed E-state index contributed by atoms with van der Waals surface area (Å²) in [7, 11) is 0. The average molecular weight is 433 g/mol. The molecule has 0 rings (SSSR count). The number of nitrogens with two attached hydrogens (primary N) is 4. The van der Waals surface area contributed by atoms with E-state index in [1.807, 2.05) is 0 Å². The maximum atomic E-state index is 12.2. The van der Waals surface area contributed by atoms with Gasteiger partial charge < -0.3 is 38.9 Å². The quantitative estimate of drug-likeness (QED) is 0.0634. The van der Waals surface area contributed by atoms with Crippen molar-refractivity contribution in [2.24, 2.45) is 33.8 Å². The van der Waals surface area contributed by atoms with Gasteiger partial charge in [0.2, 0.25) is 23.6 Å². The van der Waals surface area contributed by atoms with E-state index in [2.05, 4.69) is 33.6 Å². The first-order chi connectivity index (χ1) is 13.5. The maximum Gasteiger partial charge on any atom is 0.243 e. The van der Waals surface area contributed by atoms with Crippen LogP contribution in [0.3, 0.4) is 0 Å². The molecule has 0 aliphatic carbocycles. The number of guanidine groups is 1. The summed E-state index contributed by atoms with van der Waals surface area (Å²) in [6, 6.07) is -2.69. The molecule has 13 heteroatoms. The largest absolute Gasteiger partial charge is 0.370 e. The number of hydrogen-bond donors (Lipinski definition) is 8. The highest BCUT2D eigenvalue weighted by Gasteiger charge is 2.24. The van der Waals surface area contributed by atoms with Crippen LogP contribution in [0.4, 0.5) is 0 Å². The maximum absolute atomic E-state index is 12.2. The minimum Gasteiger partial charge on any atom is -0.370 e. The Morgan fingerprint density at radius 1 is 1.03 bits per heavy atom. The zero-order valence-electron chi connectivity index (χ0n) is 16.7. The standard InChI is InChI=1S/C16H32N8O4S/c1-8(2)12(13(18)26)24-11(25)6-22-15(28)10(7-29)23-14(27)9(17)4-3-5-21-16(19)20/h8-10,12,29H,3-7,17H2,1-2H3,(H2,18,26)(H,22,28)(H,23,27)(H,24,25)(H4,19,20,21)/t9-,10-,12-/m0/s1. The minimum atomic E-state index is -0.987. The Morgan fingerprint density at radius 2 is 1.66 bits per heavy atom. The van der Waals surface area contributed by atoms with E-state index in [1.54, 1.807) is 13.8 Å². The zero-order chi connectivity index (χ0) is 22.6. The molecule has 0 aromatic heterocycles. The third-order valence-electron chi connectivity index (χ3n) is 3.83. The van der Waals surface area contributed by atoms with E-state index < -0.39 is 41.8 Å². The lowest BCUT2D eigenvalue weighted by atomic mass is 10.0. The summed E-state index contributed by atoms with van der Waals surface area (Å²) in [5.74, 6) is -2.67. The fraction of sp³-hybridized carbons (Fsp3) is 0.688. The predicted octanol–water partition coefficient (Wildman–Crippen LogP) is -3.48. The van der Waals surface area contributed by atoms with E-state index in [-0.39, 0.29) is 24.2 Å². The number of aliphatic imine (C=N–C) groups is 1. The molecule has 166 valence electrons. The van der Waals surface area contributed by atoms with Crippen molar-refractivity contribution in [3.05, 3.63) is 0 Å². The molecule has 0 fully saturated rings. The number of hydrogen-bond acceptors (Lipinski definition) is 7. The van der Waals surface area contributed by atoms with E-state index >= 15 is 0 Å². The monoisotopic (exact) mass is 432 g/mol. The zero-order valence-corrected chi connectivity index (χ0v) is 17.6. The molecule has 0 bridgehead atoms. The van der Waals surface area contributed by atoms with Crippen LogP contribution in [0.2, 0.25) is 0 Å². The Balaban J connectivity index is 4.50. The normalized spacial score (nSPS) is 13.7. The highest BCUT2D eigenvalue weighted by Crippen LogP contribution is 2.00. The first kappa shape index (κ1) is 26.5. The van der Waals surface area contributed by atoms with Crippen molar-refractivity contribution in [2.75, 3.05) is 18.8 Å². The smallest absolute Gasteiger partial charge is 0.243 e. The van der Waals surface area contributed by atoms with Gasteiger partial charge >= 0.3 is 0 Å². The summed E-state index contributed by atoms with van der Waals surface area (Å²) in [5.41, 5.74) is 21.4. The molecule has 0 saturated heterocycles. The van der Waals surface area contributed by atoms with Crippen LogP contribution < -0.4 is 38.9 Å². The van der Waals surface area contributed by atoms with Crippen molar-refractivity contribution in [3.8, 4) is 0 Å². The SMILES string of the molecule is CC(C)[C@H](NC(=O)CNC(=O)[C@H](CS)NC(=O)[C@@H](N)CCCN=C(N)N)C(N)=O. The Kier molecular flexibility index (Phi) is 12.4. The summed E-state index contributed by atoms with van der Waals surface area (Å²) >= 11 is 4.04. The van der Waals surface area contributed by atoms with Crippen molar-refractivity contribution in [3.63, 3.8) is 0 Å². The van der Waals surface area contributed by atoms with Crippen LogP contribution in [0, 0.1) is 5.92 Å². The second kappa shape index (κ2) is 13.6. The summed E-state index contributed by atoms with van der Waals surface area (Å²) < 4.78 is 0. The topological polar surface area (TPSA) is 221 Å². The molecular formula is C16H32N8O4S. The van der Waals surface area contributed by atoms with Gasteiger partial charge in [-0.05, 0) is 18.8 Å². The Labute approximate surface area is 175 Å². The van der Waals surface area contributed by atoms with Gasteiger partial charge in [-0.3, -0.25) is 24.2 Å². The molecule has 0 aromatic carbocycles. The summed E-state index contributed by atoms with van der Waals surface area (Å²) in [6.45, 7) is 3.39. The number of amides is 4. The van der Waals surface area contributed by atoms with E-state index in [9.17, 15) is 19.2 Å². The fourth-order valence-electron chi connectivity index (χ4n) is 2.20. The highest BCUT2D eigenvalue weighted by atomic mass is 32.1. The number of thiol groups is 1. The fourth-order valence-corrected chi connectivity index (χ4v) is 2.46. The van der Waals surface area contributed by atoms with Crippen molar-refractivity contribution >= 4 is 42.2 Å². The molecule has 0 unspecified atom stereocenters. The predicted molar refractivity (Wildman–Crippen MR) is 113 cm³/mol. The van der Waals surface area contributed by atoms with Crippen LogP contribution in [-0.2, 0) is 19.2 Å². The summed E-state index contributed by atoms with van der Waals surface area (Å²) in [5, 5.41) is 7.29. The third-order valence-corrected chi connectivity index (χ3v) is 4.20. The molecule has 0 saturated carbocycles. The Morgan fingerprint density at radius 3 is 2.14 bits per heavy atom. The van der Waals surface area contributed by atoms with Crippen LogP contribution in [0.15, 0.2) is 4.99 Å². The minimum absolute atomic E-state index is 0.00415. The molecule has 0 heterocycles. The van der Waals surface area contributed by atoms with E-state index in [4.69, 9.17) is 22.9 Å². The number of nitrogens with zero attached hydrogens (tertiary/aromatic N) is 1. The molecule has 29 heavy (non-hydrogen) atoms. The first-order valence-electron chi connectivity index (χ1n) is 9.08. The van der Waals surface area contributed by atoms with E-state index in [0.717, 1.165) is 0 Å². The second-order valence-corrected chi connectivity index (χ2v) is 7.07. The highest BCUT2D eigenvalue weighted by molar-refractivity contribution is 7.80. The van der Waals surface area contributed by atoms with E-state index in [1.165, 1.54) is 0 Å². The third kappa shape index (κ3) is 11.1. The van der Waals surface area contributed by atoms with E-state index in [0.29, 0.717) is 19.4 Å². The molecular weight excluding hydrogens is 400 g/mol. The second-order valence-electron chi connectivity index (χ2n) is 6.71. The average Bonchev–Trinajstić information content (AvgIpc) is 2.64. The van der Waals surface area contributed by atoms with Crippen molar-refractivity contribution in [1.29, 1.82) is 0 Å². The molecule has 3 atom stereocenters. The molecule has 0 radical (unpaired) electrons. The van der Waals surface area contributed by atoms with Gasteiger partial charge in [0.25, 0.3) is 0 Å². The Bertz CT molecular complexity index is 610. The number of nitrogens with one attached hydrogen (secondary N) is 3. The van der Waals surface area contributed by atoms with Gasteiger partial charge in [0.1, 0.15) is 12.1 Å². The summed E-state index contributed by atoms with van der Waals surface area (Å²) in [4.78, 5) is 51.3. The lowest BCUT2D eigenvalue weighted by Gasteiger charge is -2.21. The van der Waals surface area contributed by atoms with Crippen LogP contribution in [0.1, 0.15) is 26.7 Å². The Hall–Kier alpha value is -2.54. The molecule has 0 aromatic rings. The van der Waals surface area contributed by atoms with Gasteiger partial charge in [0.15, 0.2) is 5.96 Å². The van der Waals surface area contributed by atoms with Gasteiger partial charge in [-0.25, -0.2) is 0 Å². The van der Waals surface area contributed by atoms with Gasteiger partial charge in [0, 0.05) is 12.3 Å².